The number of hydrogen-bond acceptors (Lipinski definition) is 4. The highest BCUT2D eigenvalue weighted by atomic mass is 32.2. The molecule has 1 N–H and O–H groups in total. The minimum absolute atomic E-state index is 0.263. The largest absolute Gasteiger partial charge is 0.354 e. The van der Waals surface area contributed by atoms with Gasteiger partial charge in [0.1, 0.15) is 6.04 Å². The summed E-state index contributed by atoms with van der Waals surface area (Å²) >= 11 is 0. The second-order valence-corrected chi connectivity index (χ2v) is 9.84. The standard InChI is InChI=1S/C21H35N3O3S/c1-17-14-18(2)16-20(15-17)24(28(4,26)27)19(3)21(25)22-10-9-13-23-11-7-5-6-8-12-23/h14-16,19H,5-13H2,1-4H3,(H,22,25)/t19-/m1/s1. The van der Waals surface area contributed by atoms with Gasteiger partial charge in [0.05, 0.1) is 11.9 Å². The van der Waals surface area contributed by atoms with Crippen LogP contribution in [0, 0.1) is 13.8 Å². The van der Waals surface area contributed by atoms with Crippen molar-refractivity contribution in [3.8, 4) is 0 Å². The van der Waals surface area contributed by atoms with Crippen molar-refractivity contribution < 1.29 is 13.2 Å². The van der Waals surface area contributed by atoms with E-state index in [-0.39, 0.29) is 5.91 Å². The van der Waals surface area contributed by atoms with Gasteiger partial charge in [-0.3, -0.25) is 9.10 Å². The van der Waals surface area contributed by atoms with E-state index in [9.17, 15) is 13.2 Å². The molecule has 1 aliphatic heterocycles. The molecule has 1 saturated heterocycles. The van der Waals surface area contributed by atoms with Crippen LogP contribution in [-0.4, -0.2) is 57.7 Å². The number of nitrogens with zero attached hydrogens (tertiary/aromatic N) is 2. The molecule has 0 radical (unpaired) electrons. The van der Waals surface area contributed by atoms with E-state index in [0.29, 0.717) is 12.2 Å². The molecule has 158 valence electrons. The van der Waals surface area contributed by atoms with Gasteiger partial charge >= 0.3 is 0 Å². The van der Waals surface area contributed by atoms with Gasteiger partial charge in [0.2, 0.25) is 15.9 Å². The summed E-state index contributed by atoms with van der Waals surface area (Å²) < 4.78 is 26.0. The quantitative estimate of drug-likeness (QED) is 0.671. The van der Waals surface area contributed by atoms with Gasteiger partial charge in [0.25, 0.3) is 0 Å². The Morgan fingerprint density at radius 3 is 2.21 bits per heavy atom. The zero-order valence-corrected chi connectivity index (χ0v) is 18.5. The lowest BCUT2D eigenvalue weighted by molar-refractivity contribution is -0.121. The molecule has 1 aliphatic rings. The number of aryl methyl sites for hydroxylation is 2. The molecule has 0 spiro atoms. The van der Waals surface area contributed by atoms with Crippen molar-refractivity contribution in [1.29, 1.82) is 0 Å². The average molecular weight is 410 g/mol. The predicted octanol–water partition coefficient (Wildman–Crippen LogP) is 2.84. The van der Waals surface area contributed by atoms with Crippen molar-refractivity contribution in [2.45, 2.75) is 58.9 Å². The summed E-state index contributed by atoms with van der Waals surface area (Å²) in [6, 6.07) is 4.79. The molecule has 1 aromatic carbocycles. The molecule has 7 heteroatoms. The minimum Gasteiger partial charge on any atom is -0.354 e. The molecule has 1 aromatic rings. The van der Waals surface area contributed by atoms with Crippen LogP contribution in [0.25, 0.3) is 0 Å². The van der Waals surface area contributed by atoms with Crippen LogP contribution in [-0.2, 0) is 14.8 Å². The van der Waals surface area contributed by atoms with Crippen LogP contribution in [0.3, 0.4) is 0 Å². The van der Waals surface area contributed by atoms with E-state index in [1.54, 1.807) is 19.1 Å². The number of amides is 1. The lowest BCUT2D eigenvalue weighted by Gasteiger charge is -2.29. The topological polar surface area (TPSA) is 69.7 Å². The van der Waals surface area contributed by atoms with Crippen LogP contribution in [0.1, 0.15) is 50.2 Å². The maximum absolute atomic E-state index is 12.6. The lowest BCUT2D eigenvalue weighted by Crippen LogP contribution is -2.48. The maximum Gasteiger partial charge on any atom is 0.243 e. The Balaban J connectivity index is 1.95. The van der Waals surface area contributed by atoms with Crippen molar-refractivity contribution in [1.82, 2.24) is 10.2 Å². The van der Waals surface area contributed by atoms with Crippen molar-refractivity contribution >= 4 is 21.6 Å². The lowest BCUT2D eigenvalue weighted by atomic mass is 10.1. The van der Waals surface area contributed by atoms with E-state index in [1.807, 2.05) is 19.9 Å². The Morgan fingerprint density at radius 2 is 1.68 bits per heavy atom. The Kier molecular flexibility index (Phi) is 8.31. The first-order chi connectivity index (χ1) is 13.2. The van der Waals surface area contributed by atoms with Crippen LogP contribution < -0.4 is 9.62 Å². The van der Waals surface area contributed by atoms with Crippen LogP contribution in [0.15, 0.2) is 18.2 Å². The Labute approximate surface area is 170 Å². The first-order valence-electron chi connectivity index (χ1n) is 10.3. The molecule has 0 bridgehead atoms. The number of anilines is 1. The first-order valence-corrected chi connectivity index (χ1v) is 12.1. The molecule has 0 unspecified atom stereocenters. The van der Waals surface area contributed by atoms with Gasteiger partial charge in [0.15, 0.2) is 0 Å². The van der Waals surface area contributed by atoms with E-state index in [0.717, 1.165) is 43.4 Å². The fourth-order valence-electron chi connectivity index (χ4n) is 3.91. The number of nitrogens with one attached hydrogen (secondary N) is 1. The second-order valence-electron chi connectivity index (χ2n) is 7.98. The molecule has 28 heavy (non-hydrogen) atoms. The third-order valence-electron chi connectivity index (χ3n) is 5.20. The summed E-state index contributed by atoms with van der Waals surface area (Å²) in [6.07, 6.45) is 7.15. The summed E-state index contributed by atoms with van der Waals surface area (Å²) in [5.74, 6) is -0.263. The Bertz CT molecular complexity index is 736. The van der Waals surface area contributed by atoms with Crippen molar-refractivity contribution in [3.05, 3.63) is 29.3 Å². The van der Waals surface area contributed by atoms with Gasteiger partial charge < -0.3 is 10.2 Å². The van der Waals surface area contributed by atoms with Crippen LogP contribution in [0.2, 0.25) is 0 Å². The second kappa shape index (κ2) is 10.3. The van der Waals surface area contributed by atoms with E-state index in [1.165, 1.54) is 30.0 Å². The molecule has 0 saturated carbocycles. The minimum atomic E-state index is -3.58. The van der Waals surface area contributed by atoms with E-state index in [4.69, 9.17) is 0 Å². The number of carbonyl (C=O) groups is 1. The highest BCUT2D eigenvalue weighted by molar-refractivity contribution is 7.92. The molecule has 1 fully saturated rings. The molecule has 0 aromatic heterocycles. The van der Waals surface area contributed by atoms with Crippen LogP contribution in [0.5, 0.6) is 0 Å². The highest BCUT2D eigenvalue weighted by Crippen LogP contribution is 2.23. The summed E-state index contributed by atoms with van der Waals surface area (Å²) in [6.45, 7) is 9.29. The average Bonchev–Trinajstić information content (AvgIpc) is 2.85. The number of carbonyl (C=O) groups excluding carboxylic acids is 1. The summed E-state index contributed by atoms with van der Waals surface area (Å²) in [5.41, 5.74) is 2.47. The third-order valence-corrected chi connectivity index (χ3v) is 6.44. The predicted molar refractivity (Wildman–Crippen MR) is 115 cm³/mol. The summed E-state index contributed by atoms with van der Waals surface area (Å²) in [4.78, 5) is 15.1. The van der Waals surface area contributed by atoms with Crippen molar-refractivity contribution in [2.24, 2.45) is 0 Å². The summed E-state index contributed by atoms with van der Waals surface area (Å²) in [5, 5.41) is 2.92. The van der Waals surface area contributed by atoms with Crippen LogP contribution in [0.4, 0.5) is 5.69 Å². The molecule has 6 nitrogen and oxygen atoms in total. The van der Waals surface area contributed by atoms with Gasteiger partial charge in [0, 0.05) is 6.54 Å². The fourth-order valence-corrected chi connectivity index (χ4v) is 5.07. The number of hydrogen-bond donors (Lipinski definition) is 1. The molecule has 1 heterocycles. The fraction of sp³-hybridized carbons (Fsp3) is 0.667. The number of benzene rings is 1. The van der Waals surface area contributed by atoms with Gasteiger partial charge in [-0.15, -0.1) is 0 Å². The van der Waals surface area contributed by atoms with Gasteiger partial charge in [-0.05, 0) is 82.9 Å². The zero-order valence-electron chi connectivity index (χ0n) is 17.7. The van der Waals surface area contributed by atoms with Gasteiger partial charge in [-0.1, -0.05) is 18.9 Å². The summed E-state index contributed by atoms with van der Waals surface area (Å²) in [7, 11) is -3.58. The normalized spacial score (nSPS) is 17.0. The Hall–Kier alpha value is -1.60. The monoisotopic (exact) mass is 409 g/mol. The highest BCUT2D eigenvalue weighted by Gasteiger charge is 2.29. The molecular formula is C21H35N3O3S. The molecular weight excluding hydrogens is 374 g/mol. The van der Waals surface area contributed by atoms with Gasteiger partial charge in [-0.25, -0.2) is 8.42 Å². The molecule has 2 rings (SSSR count). The maximum atomic E-state index is 12.6. The number of sulfonamides is 1. The third kappa shape index (κ3) is 6.78. The SMILES string of the molecule is Cc1cc(C)cc(N([C@H](C)C(=O)NCCCN2CCCCCC2)S(C)(=O)=O)c1. The Morgan fingerprint density at radius 1 is 1.11 bits per heavy atom. The smallest absolute Gasteiger partial charge is 0.243 e. The van der Waals surface area contributed by atoms with Crippen LogP contribution >= 0.6 is 0 Å². The molecule has 1 atom stereocenters. The van der Waals surface area contributed by atoms with Gasteiger partial charge in [-0.2, -0.15) is 0 Å². The molecule has 0 aliphatic carbocycles. The first kappa shape index (κ1) is 22.7. The zero-order chi connectivity index (χ0) is 20.7. The molecule has 1 amide bonds. The van der Waals surface area contributed by atoms with E-state index >= 15 is 0 Å². The van der Waals surface area contributed by atoms with E-state index in [2.05, 4.69) is 10.2 Å². The number of rotatable bonds is 8. The number of likely N-dealkylation sites (tertiary alicyclic amines) is 1. The van der Waals surface area contributed by atoms with Crippen molar-refractivity contribution in [3.63, 3.8) is 0 Å². The van der Waals surface area contributed by atoms with Crippen molar-refractivity contribution in [2.75, 3.05) is 36.7 Å². The van der Waals surface area contributed by atoms with E-state index < -0.39 is 16.1 Å².